The van der Waals surface area contributed by atoms with E-state index in [1.54, 1.807) is 6.07 Å². The Kier molecular flexibility index (Phi) is 6.10. The predicted octanol–water partition coefficient (Wildman–Crippen LogP) is 3.60. The van der Waals surface area contributed by atoms with Crippen molar-refractivity contribution >= 4 is 23.0 Å². The van der Waals surface area contributed by atoms with Crippen LogP contribution in [0.25, 0.3) is 22.2 Å². The lowest BCUT2D eigenvalue weighted by molar-refractivity contribution is 0.110. The zero-order chi connectivity index (χ0) is 22.0. The number of nitrogens with one attached hydrogen (secondary N) is 3. The lowest BCUT2D eigenvalue weighted by atomic mass is 9.98. The van der Waals surface area contributed by atoms with Gasteiger partial charge in [0.2, 0.25) is 5.95 Å². The molecule has 2 unspecified atom stereocenters. The smallest absolute Gasteiger partial charge is 0.321 e. The second-order valence-electron chi connectivity index (χ2n) is 7.37. The quantitative estimate of drug-likeness (QED) is 0.475. The molecule has 31 heavy (non-hydrogen) atoms. The first-order valence-corrected chi connectivity index (χ1v) is 10.4. The van der Waals surface area contributed by atoms with E-state index in [9.17, 15) is 9.90 Å². The molecule has 1 aromatic carbocycles. The Labute approximate surface area is 178 Å². The molecule has 1 aliphatic rings. The molecule has 10 heteroatoms. The summed E-state index contributed by atoms with van der Waals surface area (Å²) in [6.45, 7) is 4.65. The Balaban J connectivity index is 1.80. The maximum absolute atomic E-state index is 15.7. The molecular weight excluding hydrogens is 403 g/mol. The van der Waals surface area contributed by atoms with Gasteiger partial charge in [-0.25, -0.2) is 24.1 Å². The minimum Gasteiger partial charge on any atom is -0.385 e. The number of hydrogen-bond acceptors (Lipinski definition) is 6. The molecule has 0 aliphatic carbocycles. The van der Waals surface area contributed by atoms with Gasteiger partial charge in [0.15, 0.2) is 5.82 Å². The summed E-state index contributed by atoms with van der Waals surface area (Å²) < 4.78 is 21.5. The molecule has 4 N–H and O–H groups in total. The topological polar surface area (TPSA) is 125 Å². The van der Waals surface area contributed by atoms with Gasteiger partial charge < -0.3 is 20.1 Å². The first-order valence-electron chi connectivity index (χ1n) is 10.4. The van der Waals surface area contributed by atoms with Crippen molar-refractivity contribution < 1.29 is 19.0 Å². The van der Waals surface area contributed by atoms with Crippen LogP contribution in [0.2, 0.25) is 0 Å². The van der Waals surface area contributed by atoms with Gasteiger partial charge in [-0.3, -0.25) is 5.32 Å². The Hall–Kier alpha value is -3.11. The van der Waals surface area contributed by atoms with Crippen molar-refractivity contribution in [3.8, 4) is 11.1 Å². The van der Waals surface area contributed by atoms with Crippen LogP contribution in [0.3, 0.4) is 0 Å². The SMILES string of the molecule is CCNC(=O)Nc1nc2c(C3CCCO3)c(F)c(-c3cnc(C(O)CC)nc3)cc2[nH]1. The van der Waals surface area contributed by atoms with Gasteiger partial charge >= 0.3 is 6.03 Å². The fourth-order valence-corrected chi connectivity index (χ4v) is 3.67. The number of aromatic amines is 1. The van der Waals surface area contributed by atoms with Crippen LogP contribution < -0.4 is 10.6 Å². The summed E-state index contributed by atoms with van der Waals surface area (Å²) in [5.74, 6) is 0.0549. The zero-order valence-electron chi connectivity index (χ0n) is 17.4. The van der Waals surface area contributed by atoms with Crippen LogP contribution >= 0.6 is 0 Å². The molecule has 0 radical (unpaired) electrons. The molecule has 9 nitrogen and oxygen atoms in total. The summed E-state index contributed by atoms with van der Waals surface area (Å²) in [4.78, 5) is 27.7. The van der Waals surface area contributed by atoms with E-state index in [-0.39, 0.29) is 5.95 Å². The highest BCUT2D eigenvalue weighted by atomic mass is 19.1. The fraction of sp³-hybridized carbons (Fsp3) is 0.429. The highest BCUT2D eigenvalue weighted by molar-refractivity contribution is 5.92. The van der Waals surface area contributed by atoms with Crippen LogP contribution in [0, 0.1) is 5.82 Å². The molecule has 3 aromatic rings. The predicted molar refractivity (Wildman–Crippen MR) is 113 cm³/mol. The summed E-state index contributed by atoms with van der Waals surface area (Å²) >= 11 is 0. The molecule has 0 saturated carbocycles. The molecular formula is C21H25FN6O3. The van der Waals surface area contributed by atoms with Crippen molar-refractivity contribution in [2.24, 2.45) is 0 Å². The van der Waals surface area contributed by atoms with Crippen LogP contribution in [0.5, 0.6) is 0 Å². The van der Waals surface area contributed by atoms with Crippen LogP contribution in [-0.2, 0) is 4.74 Å². The molecule has 2 aromatic heterocycles. The third kappa shape index (κ3) is 4.21. The number of nitrogens with zero attached hydrogens (tertiary/aromatic N) is 3. The van der Waals surface area contributed by atoms with Crippen molar-refractivity contribution in [3.63, 3.8) is 0 Å². The zero-order valence-corrected chi connectivity index (χ0v) is 17.4. The first-order chi connectivity index (χ1) is 15.0. The van der Waals surface area contributed by atoms with E-state index >= 15 is 4.39 Å². The van der Waals surface area contributed by atoms with Gasteiger partial charge in [0.1, 0.15) is 11.9 Å². The number of ether oxygens (including phenoxy) is 1. The molecule has 2 amide bonds. The number of carbonyl (C=O) groups is 1. The van der Waals surface area contributed by atoms with E-state index in [1.807, 2.05) is 13.8 Å². The monoisotopic (exact) mass is 428 g/mol. The lowest BCUT2D eigenvalue weighted by Crippen LogP contribution is -2.28. The number of aromatic nitrogens is 4. The van der Waals surface area contributed by atoms with Gasteiger partial charge in [0.25, 0.3) is 0 Å². The van der Waals surface area contributed by atoms with Crippen molar-refractivity contribution in [2.75, 3.05) is 18.5 Å². The Morgan fingerprint density at radius 1 is 1.39 bits per heavy atom. The van der Waals surface area contributed by atoms with Gasteiger partial charge in [-0.05, 0) is 32.3 Å². The third-order valence-corrected chi connectivity index (χ3v) is 5.24. The summed E-state index contributed by atoms with van der Waals surface area (Å²) in [5, 5.41) is 15.2. The lowest BCUT2D eigenvalue weighted by Gasteiger charge is -2.15. The number of halogens is 1. The highest BCUT2D eigenvalue weighted by Crippen LogP contribution is 2.39. The summed E-state index contributed by atoms with van der Waals surface area (Å²) in [6, 6.07) is 1.22. The number of aliphatic hydroxyl groups is 1. The number of benzene rings is 1. The summed E-state index contributed by atoms with van der Waals surface area (Å²) in [6.07, 6.45) is 3.79. The molecule has 1 aliphatic heterocycles. The number of amides is 2. The van der Waals surface area contributed by atoms with Crippen LogP contribution in [-0.4, -0.2) is 44.2 Å². The number of aliphatic hydroxyl groups excluding tert-OH is 1. The van der Waals surface area contributed by atoms with Gasteiger partial charge in [-0.1, -0.05) is 6.92 Å². The van der Waals surface area contributed by atoms with Crippen molar-refractivity contribution in [2.45, 2.75) is 45.3 Å². The van der Waals surface area contributed by atoms with Crippen LogP contribution in [0.1, 0.15) is 56.7 Å². The molecule has 0 bridgehead atoms. The van der Waals surface area contributed by atoms with Gasteiger partial charge in [0.05, 0.1) is 17.1 Å². The number of rotatable bonds is 6. The van der Waals surface area contributed by atoms with Gasteiger partial charge in [0, 0.05) is 42.2 Å². The molecule has 164 valence electrons. The summed E-state index contributed by atoms with van der Waals surface area (Å²) in [7, 11) is 0. The van der Waals surface area contributed by atoms with E-state index in [4.69, 9.17) is 4.74 Å². The standard InChI is InChI=1S/C21H25FN6O3/c1-3-14(29)19-24-9-11(10-25-19)12-8-13-18(16(17(12)22)15-6-5-7-31-15)27-20(26-13)28-21(30)23-4-2/h8-10,14-15,29H,3-7H2,1-2H3,(H3,23,26,27,28,30). The van der Waals surface area contributed by atoms with E-state index < -0.39 is 24.1 Å². The molecule has 0 spiro atoms. The summed E-state index contributed by atoms with van der Waals surface area (Å²) in [5.41, 5.74) is 2.09. The van der Waals surface area contributed by atoms with E-state index in [2.05, 4.69) is 30.6 Å². The van der Waals surface area contributed by atoms with Crippen LogP contribution in [0.4, 0.5) is 15.1 Å². The van der Waals surface area contributed by atoms with Crippen molar-refractivity contribution in [3.05, 3.63) is 35.7 Å². The molecule has 4 rings (SSSR count). The van der Waals surface area contributed by atoms with Crippen molar-refractivity contribution in [1.82, 2.24) is 25.3 Å². The van der Waals surface area contributed by atoms with Gasteiger partial charge in [-0.15, -0.1) is 0 Å². The van der Waals surface area contributed by atoms with E-state index in [0.29, 0.717) is 59.5 Å². The Morgan fingerprint density at radius 2 is 2.16 bits per heavy atom. The molecule has 1 fully saturated rings. The molecule has 2 atom stereocenters. The number of hydrogen-bond donors (Lipinski definition) is 4. The maximum atomic E-state index is 15.7. The highest BCUT2D eigenvalue weighted by Gasteiger charge is 2.28. The minimum absolute atomic E-state index is 0.217. The fourth-order valence-electron chi connectivity index (χ4n) is 3.67. The molecule has 1 saturated heterocycles. The average molecular weight is 428 g/mol. The maximum Gasteiger partial charge on any atom is 0.321 e. The Bertz CT molecular complexity index is 1080. The number of urea groups is 1. The average Bonchev–Trinajstić information content (AvgIpc) is 3.43. The number of imidazole rings is 1. The normalized spacial score (nSPS) is 17.1. The third-order valence-electron chi connectivity index (χ3n) is 5.24. The second kappa shape index (κ2) is 8.94. The largest absolute Gasteiger partial charge is 0.385 e. The molecule has 3 heterocycles. The Morgan fingerprint density at radius 3 is 2.81 bits per heavy atom. The van der Waals surface area contributed by atoms with Crippen molar-refractivity contribution in [1.29, 1.82) is 0 Å². The number of carbonyl (C=O) groups excluding carboxylic acids is 1. The van der Waals surface area contributed by atoms with E-state index in [0.717, 1.165) is 6.42 Å². The first kappa shape index (κ1) is 21.1. The second-order valence-corrected chi connectivity index (χ2v) is 7.37. The number of anilines is 1. The van der Waals surface area contributed by atoms with Gasteiger partial charge in [-0.2, -0.15) is 0 Å². The van der Waals surface area contributed by atoms with Crippen LogP contribution in [0.15, 0.2) is 18.5 Å². The number of fused-ring (bicyclic) bond motifs is 1. The van der Waals surface area contributed by atoms with E-state index in [1.165, 1.54) is 12.4 Å². The minimum atomic E-state index is -0.765. The number of H-pyrrole nitrogens is 1.